The Morgan fingerprint density at radius 2 is 2.50 bits per heavy atom. The summed E-state index contributed by atoms with van der Waals surface area (Å²) in [6, 6.07) is 0. The molecule has 1 fully saturated rings. The molecule has 1 saturated heterocycles. The molecule has 3 nitrogen and oxygen atoms in total. The Bertz CT molecular complexity index is 141. The highest BCUT2D eigenvalue weighted by Gasteiger charge is 2.37. The van der Waals surface area contributed by atoms with E-state index in [9.17, 15) is 4.79 Å². The van der Waals surface area contributed by atoms with E-state index < -0.39 is 0 Å². The summed E-state index contributed by atoms with van der Waals surface area (Å²) >= 11 is 0. The summed E-state index contributed by atoms with van der Waals surface area (Å²) in [4.78, 5) is 10.7. The van der Waals surface area contributed by atoms with Crippen LogP contribution in [0.25, 0.3) is 0 Å². The molecular weight excluding hydrogens is 130 g/mol. The first-order chi connectivity index (χ1) is 4.72. The lowest BCUT2D eigenvalue weighted by molar-refractivity contribution is -0.137. The molecule has 0 bridgehead atoms. The smallest absolute Gasteiger partial charge is 0.306 e. The van der Waals surface area contributed by atoms with E-state index >= 15 is 0 Å². The largest absolute Gasteiger partial charge is 0.465 e. The van der Waals surface area contributed by atoms with Crippen LogP contribution in [0, 0.1) is 5.41 Å². The summed E-state index contributed by atoms with van der Waals surface area (Å²) in [7, 11) is 0. The monoisotopic (exact) mass is 143 g/mol. The minimum Gasteiger partial charge on any atom is -0.465 e. The molecule has 0 aromatic heterocycles. The zero-order valence-electron chi connectivity index (χ0n) is 6.22. The first kappa shape index (κ1) is 7.54. The molecule has 0 aliphatic carbocycles. The van der Waals surface area contributed by atoms with Gasteiger partial charge < -0.3 is 10.5 Å². The van der Waals surface area contributed by atoms with Crippen molar-refractivity contribution in [3.05, 3.63) is 0 Å². The Balaban J connectivity index is 2.59. The molecule has 1 aliphatic heterocycles. The van der Waals surface area contributed by atoms with E-state index in [-0.39, 0.29) is 11.4 Å². The number of esters is 1. The van der Waals surface area contributed by atoms with Crippen molar-refractivity contribution in [2.45, 2.75) is 19.8 Å². The van der Waals surface area contributed by atoms with Gasteiger partial charge in [0.15, 0.2) is 0 Å². The zero-order chi connectivity index (χ0) is 7.61. The average Bonchev–Trinajstić information content (AvgIpc) is 2.33. The minimum atomic E-state index is -0.104. The molecule has 3 heteroatoms. The van der Waals surface area contributed by atoms with Crippen molar-refractivity contribution in [2.24, 2.45) is 11.1 Å². The second-order valence-electron chi connectivity index (χ2n) is 2.90. The standard InChI is InChI=1S/C7H13NO2/c1-2-7(4-8)3-6(9)10-5-7/h2-5,8H2,1H3. The van der Waals surface area contributed by atoms with Crippen molar-refractivity contribution >= 4 is 5.97 Å². The number of nitrogens with two attached hydrogens (primary N) is 1. The van der Waals surface area contributed by atoms with E-state index in [4.69, 9.17) is 10.5 Å². The number of cyclic esters (lactones) is 1. The molecule has 0 radical (unpaired) electrons. The molecule has 10 heavy (non-hydrogen) atoms. The highest BCUT2D eigenvalue weighted by molar-refractivity contribution is 5.72. The van der Waals surface area contributed by atoms with Crippen LogP contribution >= 0.6 is 0 Å². The predicted octanol–water partition coefficient (Wildman–Crippen LogP) is 0.288. The summed E-state index contributed by atoms with van der Waals surface area (Å²) in [5, 5.41) is 0. The van der Waals surface area contributed by atoms with Gasteiger partial charge in [-0.3, -0.25) is 4.79 Å². The van der Waals surface area contributed by atoms with Crippen LogP contribution < -0.4 is 5.73 Å². The predicted molar refractivity (Wildman–Crippen MR) is 37.4 cm³/mol. The van der Waals surface area contributed by atoms with Gasteiger partial charge in [0, 0.05) is 12.0 Å². The number of carbonyl (C=O) groups excluding carboxylic acids is 1. The van der Waals surface area contributed by atoms with Gasteiger partial charge in [0.25, 0.3) is 0 Å². The maximum absolute atomic E-state index is 10.7. The molecule has 1 heterocycles. The number of carbonyl (C=O) groups is 1. The number of rotatable bonds is 2. The van der Waals surface area contributed by atoms with E-state index in [1.54, 1.807) is 0 Å². The maximum atomic E-state index is 10.7. The third-order valence-electron chi connectivity index (χ3n) is 2.24. The Labute approximate surface area is 60.5 Å². The summed E-state index contributed by atoms with van der Waals surface area (Å²) < 4.78 is 4.83. The fourth-order valence-corrected chi connectivity index (χ4v) is 1.14. The van der Waals surface area contributed by atoms with Crippen molar-refractivity contribution < 1.29 is 9.53 Å². The van der Waals surface area contributed by atoms with Gasteiger partial charge in [0.05, 0.1) is 13.0 Å². The fraction of sp³-hybridized carbons (Fsp3) is 0.857. The Hall–Kier alpha value is -0.570. The van der Waals surface area contributed by atoms with Crippen molar-refractivity contribution in [1.29, 1.82) is 0 Å². The second kappa shape index (κ2) is 2.58. The van der Waals surface area contributed by atoms with Gasteiger partial charge in [-0.25, -0.2) is 0 Å². The normalized spacial score (nSPS) is 32.4. The van der Waals surface area contributed by atoms with E-state index in [0.717, 1.165) is 6.42 Å². The SMILES string of the molecule is CCC1(CN)COC(=O)C1. The summed E-state index contributed by atoms with van der Waals surface area (Å²) in [5.74, 6) is -0.104. The molecule has 1 rings (SSSR count). The third-order valence-corrected chi connectivity index (χ3v) is 2.24. The van der Waals surface area contributed by atoms with Crippen LogP contribution in [-0.2, 0) is 9.53 Å². The summed E-state index contributed by atoms with van der Waals surface area (Å²) in [6.07, 6.45) is 1.43. The van der Waals surface area contributed by atoms with Crippen LogP contribution in [0.2, 0.25) is 0 Å². The van der Waals surface area contributed by atoms with Crippen LogP contribution in [0.1, 0.15) is 19.8 Å². The van der Waals surface area contributed by atoms with Crippen LogP contribution in [0.5, 0.6) is 0 Å². The van der Waals surface area contributed by atoms with Crippen molar-refractivity contribution in [2.75, 3.05) is 13.2 Å². The lowest BCUT2D eigenvalue weighted by Crippen LogP contribution is -2.30. The third kappa shape index (κ3) is 1.14. The fourth-order valence-electron chi connectivity index (χ4n) is 1.14. The first-order valence-corrected chi connectivity index (χ1v) is 3.58. The molecule has 0 saturated carbocycles. The van der Waals surface area contributed by atoms with E-state index in [0.29, 0.717) is 19.6 Å². The first-order valence-electron chi connectivity index (χ1n) is 3.58. The molecule has 0 amide bonds. The van der Waals surface area contributed by atoms with Gasteiger partial charge in [-0.2, -0.15) is 0 Å². The Morgan fingerprint density at radius 1 is 1.80 bits per heavy atom. The van der Waals surface area contributed by atoms with Crippen LogP contribution in [-0.4, -0.2) is 19.1 Å². The molecule has 0 aromatic rings. The van der Waals surface area contributed by atoms with Crippen molar-refractivity contribution in [3.8, 4) is 0 Å². The molecule has 2 N–H and O–H groups in total. The highest BCUT2D eigenvalue weighted by Crippen LogP contribution is 2.31. The molecule has 1 aliphatic rings. The van der Waals surface area contributed by atoms with Gasteiger partial charge in [-0.1, -0.05) is 6.92 Å². The molecular formula is C7H13NO2. The maximum Gasteiger partial charge on any atom is 0.306 e. The van der Waals surface area contributed by atoms with Gasteiger partial charge in [-0.05, 0) is 6.42 Å². The van der Waals surface area contributed by atoms with E-state index in [1.165, 1.54) is 0 Å². The van der Waals surface area contributed by atoms with E-state index in [2.05, 4.69) is 0 Å². The molecule has 1 unspecified atom stereocenters. The van der Waals surface area contributed by atoms with Gasteiger partial charge in [0.2, 0.25) is 0 Å². The van der Waals surface area contributed by atoms with Gasteiger partial charge in [-0.15, -0.1) is 0 Å². The number of ether oxygens (including phenoxy) is 1. The molecule has 58 valence electrons. The molecule has 0 spiro atoms. The number of hydrogen-bond acceptors (Lipinski definition) is 3. The average molecular weight is 143 g/mol. The Kier molecular flexibility index (Phi) is 1.94. The van der Waals surface area contributed by atoms with Crippen molar-refractivity contribution in [1.82, 2.24) is 0 Å². The minimum absolute atomic E-state index is 0.0446. The Morgan fingerprint density at radius 3 is 2.70 bits per heavy atom. The highest BCUT2D eigenvalue weighted by atomic mass is 16.5. The summed E-state index contributed by atoms with van der Waals surface area (Å²) in [5.41, 5.74) is 5.46. The van der Waals surface area contributed by atoms with Crippen LogP contribution in [0.3, 0.4) is 0 Å². The van der Waals surface area contributed by atoms with Crippen molar-refractivity contribution in [3.63, 3.8) is 0 Å². The lowest BCUT2D eigenvalue weighted by atomic mass is 9.85. The lowest BCUT2D eigenvalue weighted by Gasteiger charge is -2.20. The quantitative estimate of drug-likeness (QED) is 0.565. The number of hydrogen-bond donors (Lipinski definition) is 1. The van der Waals surface area contributed by atoms with Gasteiger partial charge in [0.1, 0.15) is 0 Å². The molecule has 1 atom stereocenters. The van der Waals surface area contributed by atoms with Crippen LogP contribution in [0.15, 0.2) is 0 Å². The topological polar surface area (TPSA) is 52.3 Å². The molecule has 0 aromatic carbocycles. The second-order valence-corrected chi connectivity index (χ2v) is 2.90. The zero-order valence-corrected chi connectivity index (χ0v) is 6.22. The summed E-state index contributed by atoms with van der Waals surface area (Å²) in [6.45, 7) is 3.10. The van der Waals surface area contributed by atoms with Crippen LogP contribution in [0.4, 0.5) is 0 Å². The van der Waals surface area contributed by atoms with E-state index in [1.807, 2.05) is 6.92 Å². The van der Waals surface area contributed by atoms with Gasteiger partial charge >= 0.3 is 5.97 Å².